The lowest BCUT2D eigenvalue weighted by atomic mass is 9.89. The highest BCUT2D eigenvalue weighted by Gasteiger charge is 2.26. The molecule has 222 valence electrons. The number of carbonyl (C=O) groups is 2. The minimum atomic E-state index is -1.13. The molecule has 4 aromatic rings. The number of carbonyl (C=O) groups excluding carboxylic acids is 1. The van der Waals surface area contributed by atoms with Crippen LogP contribution in [0.25, 0.3) is 11.4 Å². The Balaban J connectivity index is 1.36. The monoisotopic (exact) mass is 638 g/mol. The molecule has 1 aliphatic rings. The molecule has 2 N–H and O–H groups in total. The van der Waals surface area contributed by atoms with Crippen molar-refractivity contribution in [3.05, 3.63) is 112 Å². The van der Waals surface area contributed by atoms with Crippen LogP contribution in [0, 0.1) is 5.82 Å². The first-order valence-electron chi connectivity index (χ1n) is 13.8. The van der Waals surface area contributed by atoms with Crippen LogP contribution in [-0.4, -0.2) is 51.8 Å². The molecule has 2 heterocycles. The smallest absolute Gasteiger partial charge is 0.327 e. The Kier molecular flexibility index (Phi) is 10.2. The van der Waals surface area contributed by atoms with Gasteiger partial charge in [-0.25, -0.2) is 19.2 Å². The Hall–Kier alpha value is -3.66. The van der Waals surface area contributed by atoms with E-state index in [9.17, 15) is 19.1 Å². The van der Waals surface area contributed by atoms with Gasteiger partial charge in [0, 0.05) is 36.2 Å². The second kappa shape index (κ2) is 14.2. The zero-order valence-corrected chi connectivity index (χ0v) is 25.4. The Morgan fingerprint density at radius 2 is 1.70 bits per heavy atom. The van der Waals surface area contributed by atoms with Gasteiger partial charge in [0.05, 0.1) is 10.0 Å². The fourth-order valence-electron chi connectivity index (χ4n) is 4.93. The number of aliphatic carboxylic acids is 1. The predicted octanol–water partition coefficient (Wildman–Crippen LogP) is 7.09. The number of halogens is 3. The summed E-state index contributed by atoms with van der Waals surface area (Å²) in [7, 11) is 0. The van der Waals surface area contributed by atoms with E-state index in [2.05, 4.69) is 15.2 Å². The minimum absolute atomic E-state index is 0.0473. The summed E-state index contributed by atoms with van der Waals surface area (Å²) in [6.07, 6.45) is 1.64. The first-order chi connectivity index (χ1) is 20.8. The molecule has 0 bridgehead atoms. The number of nitrogens with zero attached hydrogens (tertiary/aromatic N) is 3. The fourth-order valence-corrected chi connectivity index (χ4v) is 6.24. The van der Waals surface area contributed by atoms with Crippen molar-refractivity contribution >= 4 is 52.7 Å². The Morgan fingerprint density at radius 3 is 2.37 bits per heavy atom. The SMILES string of the molecule is O=C(NC(CSCc1ccccc1)C(=O)O)c1cc(N2CCC(c3ccc(F)cc3)CC2)nc(-c2ccc(Cl)c(Cl)c2)n1. The van der Waals surface area contributed by atoms with Crippen molar-refractivity contribution < 1.29 is 19.1 Å². The summed E-state index contributed by atoms with van der Waals surface area (Å²) in [6.45, 7) is 1.32. The van der Waals surface area contributed by atoms with Crippen LogP contribution in [0.15, 0.2) is 78.9 Å². The third kappa shape index (κ3) is 8.04. The van der Waals surface area contributed by atoms with Gasteiger partial charge in [-0.2, -0.15) is 11.8 Å². The molecule has 1 saturated heterocycles. The Bertz CT molecular complexity index is 1590. The number of rotatable bonds is 10. The lowest BCUT2D eigenvalue weighted by Crippen LogP contribution is -2.43. The van der Waals surface area contributed by atoms with Crippen molar-refractivity contribution in [2.75, 3.05) is 23.7 Å². The number of carboxylic acids is 1. The van der Waals surface area contributed by atoms with Crippen LogP contribution >= 0.6 is 35.0 Å². The van der Waals surface area contributed by atoms with E-state index in [1.807, 2.05) is 42.5 Å². The molecule has 3 aromatic carbocycles. The summed E-state index contributed by atoms with van der Waals surface area (Å²) in [5, 5.41) is 13.2. The molecular formula is C32H29Cl2FN4O3S. The van der Waals surface area contributed by atoms with E-state index in [4.69, 9.17) is 28.2 Å². The van der Waals surface area contributed by atoms with Gasteiger partial charge in [-0.1, -0.05) is 65.7 Å². The van der Waals surface area contributed by atoms with Gasteiger partial charge in [0.15, 0.2) is 5.82 Å². The molecule has 1 aromatic heterocycles. The second-order valence-electron chi connectivity index (χ2n) is 10.2. The first-order valence-corrected chi connectivity index (χ1v) is 15.7. The highest BCUT2D eigenvalue weighted by Crippen LogP contribution is 2.32. The van der Waals surface area contributed by atoms with Gasteiger partial charge >= 0.3 is 5.97 Å². The van der Waals surface area contributed by atoms with E-state index >= 15 is 0 Å². The lowest BCUT2D eigenvalue weighted by molar-refractivity contribution is -0.138. The molecule has 1 amide bonds. The number of nitrogens with one attached hydrogen (secondary N) is 1. The summed E-state index contributed by atoms with van der Waals surface area (Å²) in [5.74, 6) is -0.104. The zero-order chi connectivity index (χ0) is 30.3. The van der Waals surface area contributed by atoms with E-state index in [0.29, 0.717) is 40.3 Å². The van der Waals surface area contributed by atoms with E-state index in [0.717, 1.165) is 24.0 Å². The van der Waals surface area contributed by atoms with Crippen molar-refractivity contribution in [2.24, 2.45) is 0 Å². The highest BCUT2D eigenvalue weighted by atomic mass is 35.5. The highest BCUT2D eigenvalue weighted by molar-refractivity contribution is 7.98. The summed E-state index contributed by atoms with van der Waals surface area (Å²) in [4.78, 5) is 36.8. The number of amides is 1. The lowest BCUT2D eigenvalue weighted by Gasteiger charge is -2.33. The fraction of sp³-hybridized carbons (Fsp3) is 0.250. The molecule has 5 rings (SSSR count). The number of benzene rings is 3. The molecule has 43 heavy (non-hydrogen) atoms. The number of hydrogen-bond acceptors (Lipinski definition) is 6. The maximum atomic E-state index is 13.4. The van der Waals surface area contributed by atoms with E-state index in [1.54, 1.807) is 24.3 Å². The van der Waals surface area contributed by atoms with Crippen molar-refractivity contribution in [3.63, 3.8) is 0 Å². The molecule has 1 fully saturated rings. The number of thioether (sulfide) groups is 1. The Labute approximate surface area is 263 Å². The van der Waals surface area contributed by atoms with Crippen LogP contribution in [0.3, 0.4) is 0 Å². The van der Waals surface area contributed by atoms with Gasteiger partial charge in [0.25, 0.3) is 5.91 Å². The van der Waals surface area contributed by atoms with Gasteiger partial charge in [0.2, 0.25) is 0 Å². The van der Waals surface area contributed by atoms with Crippen molar-refractivity contribution in [3.8, 4) is 11.4 Å². The van der Waals surface area contributed by atoms with Crippen molar-refractivity contribution in [2.45, 2.75) is 30.6 Å². The molecule has 1 atom stereocenters. The van der Waals surface area contributed by atoms with Crippen LogP contribution in [0.2, 0.25) is 10.0 Å². The van der Waals surface area contributed by atoms with Crippen LogP contribution in [0.4, 0.5) is 10.2 Å². The molecule has 1 unspecified atom stereocenters. The number of carboxylic acid groups (broad SMARTS) is 1. The van der Waals surface area contributed by atoms with E-state index < -0.39 is 17.9 Å². The molecule has 0 radical (unpaired) electrons. The van der Waals surface area contributed by atoms with Crippen LogP contribution < -0.4 is 10.2 Å². The van der Waals surface area contributed by atoms with Gasteiger partial charge < -0.3 is 15.3 Å². The first kappa shape index (κ1) is 30.8. The van der Waals surface area contributed by atoms with Gasteiger partial charge in [-0.3, -0.25) is 4.79 Å². The second-order valence-corrected chi connectivity index (χ2v) is 12.1. The largest absolute Gasteiger partial charge is 0.480 e. The molecule has 7 nitrogen and oxygen atoms in total. The third-order valence-corrected chi connectivity index (χ3v) is 9.13. The normalized spacial score (nSPS) is 14.3. The average molecular weight is 640 g/mol. The van der Waals surface area contributed by atoms with E-state index in [-0.39, 0.29) is 29.0 Å². The number of anilines is 1. The van der Waals surface area contributed by atoms with Gasteiger partial charge in [0.1, 0.15) is 23.4 Å². The molecule has 0 spiro atoms. The van der Waals surface area contributed by atoms with E-state index in [1.165, 1.54) is 23.9 Å². The van der Waals surface area contributed by atoms with Gasteiger partial charge in [-0.05, 0) is 60.2 Å². The number of hydrogen-bond donors (Lipinski definition) is 2. The third-order valence-electron chi connectivity index (χ3n) is 7.28. The molecule has 0 aliphatic carbocycles. The summed E-state index contributed by atoms with van der Waals surface area (Å²) in [5.41, 5.74) is 2.77. The number of piperidine rings is 1. The molecule has 0 saturated carbocycles. The quantitative estimate of drug-likeness (QED) is 0.191. The average Bonchev–Trinajstić information content (AvgIpc) is 3.02. The van der Waals surface area contributed by atoms with Gasteiger partial charge in [-0.15, -0.1) is 0 Å². The summed E-state index contributed by atoms with van der Waals surface area (Å²) in [6, 6.07) is 21.8. The predicted molar refractivity (Wildman–Crippen MR) is 170 cm³/mol. The maximum absolute atomic E-state index is 13.4. The van der Waals surface area contributed by atoms with Crippen LogP contribution in [0.1, 0.15) is 40.4 Å². The molecule has 11 heteroatoms. The van der Waals surface area contributed by atoms with Crippen molar-refractivity contribution in [1.82, 2.24) is 15.3 Å². The van der Waals surface area contributed by atoms with Crippen molar-refractivity contribution in [1.29, 1.82) is 0 Å². The molecular weight excluding hydrogens is 610 g/mol. The summed E-state index contributed by atoms with van der Waals surface area (Å²) >= 11 is 13.8. The number of aromatic nitrogens is 2. The Morgan fingerprint density at radius 1 is 0.977 bits per heavy atom. The standard InChI is InChI=1S/C32H29Cl2FN4O3S/c33-25-11-8-23(16-26(25)34)30-36-27(31(40)37-28(32(41)42)19-43-18-20-4-2-1-3-5-20)17-29(38-30)39-14-12-22(13-15-39)21-6-9-24(35)10-7-21/h1-11,16-17,22,28H,12-15,18-19H2,(H,37,40)(H,41,42). The topological polar surface area (TPSA) is 95.4 Å². The maximum Gasteiger partial charge on any atom is 0.327 e. The minimum Gasteiger partial charge on any atom is -0.480 e. The molecule has 1 aliphatic heterocycles. The summed E-state index contributed by atoms with van der Waals surface area (Å²) < 4.78 is 13.4. The van der Waals surface area contributed by atoms with Crippen LogP contribution in [-0.2, 0) is 10.5 Å². The zero-order valence-electron chi connectivity index (χ0n) is 23.1. The van der Waals surface area contributed by atoms with Crippen LogP contribution in [0.5, 0.6) is 0 Å².